The van der Waals surface area contributed by atoms with E-state index in [4.69, 9.17) is 9.47 Å². The predicted octanol–water partition coefficient (Wildman–Crippen LogP) is 2.47. The van der Waals surface area contributed by atoms with Crippen molar-refractivity contribution < 1.29 is 14.3 Å². The highest BCUT2D eigenvalue weighted by atomic mass is 32.1. The summed E-state index contributed by atoms with van der Waals surface area (Å²) >= 11 is 0. The van der Waals surface area contributed by atoms with Crippen LogP contribution in [0.5, 0.6) is 0 Å². The predicted molar refractivity (Wildman–Crippen MR) is 126 cm³/mol. The molecule has 2 aliphatic rings. The zero-order valence-electron chi connectivity index (χ0n) is 17.9. The smallest absolute Gasteiger partial charge is 0.201 e. The summed E-state index contributed by atoms with van der Waals surface area (Å²) in [5.41, 5.74) is 0.0753. The van der Waals surface area contributed by atoms with Crippen LogP contribution in [0.2, 0.25) is 0 Å². The summed E-state index contributed by atoms with van der Waals surface area (Å²) in [7, 11) is 0. The van der Waals surface area contributed by atoms with Gasteiger partial charge in [0.15, 0.2) is 0 Å². The SMILES string of the molecule is CC(C)OCCN1CCN([C@@]2(C(=O)c3ccccn3)CCO[C@H](C)C2)CC1.S.S. The molecule has 0 aliphatic carbocycles. The zero-order chi connectivity index (χ0) is 19.3. The number of Topliss-reactive ketones (excluding diaryl/α,β-unsaturated/α-hetero) is 1. The first-order valence-corrected chi connectivity index (χ1v) is 10.2. The number of piperazine rings is 1. The minimum absolute atomic E-state index is 0. The Morgan fingerprint density at radius 1 is 1.28 bits per heavy atom. The average Bonchev–Trinajstić information content (AvgIpc) is 2.68. The molecule has 2 saturated heterocycles. The summed E-state index contributed by atoms with van der Waals surface area (Å²) in [6.07, 6.45) is 3.54. The average molecular weight is 444 g/mol. The Balaban J connectivity index is 0.00000210. The van der Waals surface area contributed by atoms with Gasteiger partial charge in [0.2, 0.25) is 5.78 Å². The van der Waals surface area contributed by atoms with Gasteiger partial charge in [-0.1, -0.05) is 6.07 Å². The number of pyridine rings is 1. The second-order valence-electron chi connectivity index (χ2n) is 7.96. The van der Waals surface area contributed by atoms with E-state index in [1.54, 1.807) is 6.20 Å². The molecule has 0 spiro atoms. The first-order valence-electron chi connectivity index (χ1n) is 10.2. The molecule has 0 saturated carbocycles. The molecule has 29 heavy (non-hydrogen) atoms. The van der Waals surface area contributed by atoms with Crippen LogP contribution in [-0.4, -0.2) is 84.3 Å². The van der Waals surface area contributed by atoms with Crippen molar-refractivity contribution in [2.24, 2.45) is 0 Å². The van der Waals surface area contributed by atoms with E-state index in [1.807, 2.05) is 18.2 Å². The second-order valence-corrected chi connectivity index (χ2v) is 7.96. The molecule has 3 rings (SSSR count). The van der Waals surface area contributed by atoms with Crippen molar-refractivity contribution in [1.82, 2.24) is 14.8 Å². The molecule has 0 amide bonds. The van der Waals surface area contributed by atoms with Crippen LogP contribution in [0.25, 0.3) is 0 Å². The van der Waals surface area contributed by atoms with Gasteiger partial charge in [0, 0.05) is 45.5 Å². The third kappa shape index (κ3) is 6.67. The van der Waals surface area contributed by atoms with Gasteiger partial charge in [0.05, 0.1) is 24.4 Å². The van der Waals surface area contributed by atoms with Crippen molar-refractivity contribution in [1.29, 1.82) is 0 Å². The van der Waals surface area contributed by atoms with Crippen LogP contribution in [0.4, 0.5) is 0 Å². The van der Waals surface area contributed by atoms with Gasteiger partial charge in [0.25, 0.3) is 0 Å². The molecule has 166 valence electrons. The Bertz CT molecular complexity index is 612. The molecule has 0 N–H and O–H groups in total. The Morgan fingerprint density at radius 3 is 2.59 bits per heavy atom. The van der Waals surface area contributed by atoms with Gasteiger partial charge < -0.3 is 9.47 Å². The number of aromatic nitrogens is 1. The molecule has 1 aromatic heterocycles. The number of hydrogen-bond donors (Lipinski definition) is 0. The number of hydrogen-bond acceptors (Lipinski definition) is 6. The summed E-state index contributed by atoms with van der Waals surface area (Å²) in [6.45, 7) is 12.3. The fourth-order valence-corrected chi connectivity index (χ4v) is 4.26. The van der Waals surface area contributed by atoms with E-state index in [2.05, 4.69) is 35.6 Å². The molecule has 1 aromatic rings. The molecular weight excluding hydrogens is 406 g/mol. The molecule has 3 heterocycles. The summed E-state index contributed by atoms with van der Waals surface area (Å²) in [6, 6.07) is 5.58. The topological polar surface area (TPSA) is 54.9 Å². The van der Waals surface area contributed by atoms with Crippen molar-refractivity contribution in [3.63, 3.8) is 0 Å². The lowest BCUT2D eigenvalue weighted by atomic mass is 9.79. The Hall–Kier alpha value is -0.640. The van der Waals surface area contributed by atoms with Crippen LogP contribution in [0.1, 0.15) is 44.1 Å². The van der Waals surface area contributed by atoms with Gasteiger partial charge in [0.1, 0.15) is 5.69 Å². The van der Waals surface area contributed by atoms with E-state index in [-0.39, 0.29) is 45.0 Å². The van der Waals surface area contributed by atoms with Gasteiger partial charge in [-0.25, -0.2) is 0 Å². The highest BCUT2D eigenvalue weighted by Gasteiger charge is 2.48. The van der Waals surface area contributed by atoms with E-state index in [9.17, 15) is 4.79 Å². The highest BCUT2D eigenvalue weighted by Crippen LogP contribution is 2.34. The fourth-order valence-electron chi connectivity index (χ4n) is 4.26. The largest absolute Gasteiger partial charge is 0.378 e. The van der Waals surface area contributed by atoms with Crippen LogP contribution >= 0.6 is 27.0 Å². The molecule has 2 atom stereocenters. The lowest BCUT2D eigenvalue weighted by Crippen LogP contribution is -2.63. The van der Waals surface area contributed by atoms with Crippen LogP contribution in [0.3, 0.4) is 0 Å². The Labute approximate surface area is 189 Å². The van der Waals surface area contributed by atoms with Gasteiger partial charge in [-0.05, 0) is 45.7 Å². The second kappa shape index (κ2) is 12.3. The molecule has 6 nitrogen and oxygen atoms in total. The number of carbonyl (C=O) groups is 1. The first-order chi connectivity index (χ1) is 13.0. The minimum Gasteiger partial charge on any atom is -0.378 e. The standard InChI is InChI=1S/C21H33N3O3.2H2S/c1-17(2)26-15-13-23-9-11-24(12-10-23)21(7-14-27-18(3)16-21)20(25)19-6-4-5-8-22-19;;/h4-6,8,17-18H,7,9-16H2,1-3H3;2*1H2/t18-,21+;;/m1../s1. The van der Waals surface area contributed by atoms with Gasteiger partial charge >= 0.3 is 0 Å². The first kappa shape index (κ1) is 26.4. The van der Waals surface area contributed by atoms with Crippen molar-refractivity contribution in [3.8, 4) is 0 Å². The Kier molecular flexibility index (Phi) is 11.2. The third-order valence-corrected chi connectivity index (χ3v) is 5.70. The van der Waals surface area contributed by atoms with E-state index < -0.39 is 5.54 Å². The molecule has 0 bridgehead atoms. The minimum atomic E-state index is -0.494. The maximum Gasteiger partial charge on any atom is 0.201 e. The summed E-state index contributed by atoms with van der Waals surface area (Å²) in [5, 5.41) is 0. The molecule has 2 aliphatic heterocycles. The third-order valence-electron chi connectivity index (χ3n) is 5.70. The van der Waals surface area contributed by atoms with Crippen molar-refractivity contribution >= 4 is 32.8 Å². The van der Waals surface area contributed by atoms with Gasteiger partial charge in [-0.15, -0.1) is 0 Å². The molecule has 0 aromatic carbocycles. The zero-order valence-corrected chi connectivity index (χ0v) is 19.9. The molecular formula is C21H37N3O3S2. The molecule has 8 heteroatoms. The van der Waals surface area contributed by atoms with Crippen molar-refractivity contribution in [2.75, 3.05) is 45.9 Å². The number of ether oxygens (including phenoxy) is 2. The monoisotopic (exact) mass is 443 g/mol. The van der Waals surface area contributed by atoms with E-state index >= 15 is 0 Å². The Morgan fingerprint density at radius 2 is 2.00 bits per heavy atom. The maximum atomic E-state index is 13.5. The number of carbonyl (C=O) groups excluding carboxylic acids is 1. The van der Waals surface area contributed by atoms with Crippen LogP contribution in [0.15, 0.2) is 24.4 Å². The highest BCUT2D eigenvalue weighted by molar-refractivity contribution is 7.59. The summed E-state index contributed by atoms with van der Waals surface area (Å²) in [5.74, 6) is 0.148. The number of ketones is 1. The molecule has 0 radical (unpaired) electrons. The summed E-state index contributed by atoms with van der Waals surface area (Å²) < 4.78 is 11.5. The van der Waals surface area contributed by atoms with Crippen molar-refractivity contribution in [2.45, 2.75) is 51.4 Å². The lowest BCUT2D eigenvalue weighted by molar-refractivity contribution is -0.0658. The quantitative estimate of drug-likeness (QED) is 0.604. The fraction of sp³-hybridized carbons (Fsp3) is 0.714. The van der Waals surface area contributed by atoms with Crippen molar-refractivity contribution in [3.05, 3.63) is 30.1 Å². The molecule has 0 unspecified atom stereocenters. The van der Waals surface area contributed by atoms with Gasteiger partial charge in [-0.2, -0.15) is 27.0 Å². The van der Waals surface area contributed by atoms with E-state index in [0.717, 1.165) is 52.2 Å². The van der Waals surface area contributed by atoms with Gasteiger partial charge in [-0.3, -0.25) is 19.6 Å². The summed E-state index contributed by atoms with van der Waals surface area (Å²) in [4.78, 5) is 22.7. The van der Waals surface area contributed by atoms with E-state index in [1.165, 1.54) is 0 Å². The van der Waals surface area contributed by atoms with Crippen LogP contribution in [-0.2, 0) is 9.47 Å². The normalized spacial score (nSPS) is 25.9. The maximum absolute atomic E-state index is 13.5. The number of nitrogens with zero attached hydrogens (tertiary/aromatic N) is 3. The van der Waals surface area contributed by atoms with Crippen LogP contribution < -0.4 is 0 Å². The molecule has 2 fully saturated rings. The number of rotatable bonds is 7. The lowest BCUT2D eigenvalue weighted by Gasteiger charge is -2.49. The van der Waals surface area contributed by atoms with E-state index in [0.29, 0.717) is 12.3 Å². The van der Waals surface area contributed by atoms with Crippen LogP contribution in [0, 0.1) is 0 Å².